The van der Waals surface area contributed by atoms with E-state index in [4.69, 9.17) is 4.74 Å². The van der Waals surface area contributed by atoms with E-state index in [2.05, 4.69) is 38.1 Å². The summed E-state index contributed by atoms with van der Waals surface area (Å²) in [6.07, 6.45) is 3.24. The van der Waals surface area contributed by atoms with E-state index in [1.54, 1.807) is 12.1 Å². The quantitative estimate of drug-likeness (QED) is 0.650. The number of fused-ring (bicyclic) bond motifs is 1. The highest BCUT2D eigenvalue weighted by Gasteiger charge is 2.14. The first-order valence-corrected chi connectivity index (χ1v) is 7.73. The zero-order chi connectivity index (χ0) is 15.7. The lowest BCUT2D eigenvalue weighted by Crippen LogP contribution is -2.09. The van der Waals surface area contributed by atoms with Crippen LogP contribution in [0.3, 0.4) is 0 Å². The maximum Gasteiger partial charge on any atom is 0.178 e. The molecule has 114 valence electrons. The first kappa shape index (κ1) is 15.0. The molecule has 0 amide bonds. The van der Waals surface area contributed by atoms with Crippen molar-refractivity contribution in [3.63, 3.8) is 0 Å². The van der Waals surface area contributed by atoms with Crippen LogP contribution in [-0.4, -0.2) is 18.9 Å². The van der Waals surface area contributed by atoms with Crippen molar-refractivity contribution < 1.29 is 9.13 Å². The molecule has 0 atom stereocenters. The Kier molecular flexibility index (Phi) is 4.14. The standard InChI is InChI=1S/C15H14FIN4O/c1-9(2)22-14-10(16)4-3-5-12(14)20-15-13-11(18-8-19-15)6-7-21(13)17/h3-9H,1-2H3,(H,18,19,20). The van der Waals surface area contributed by atoms with Crippen molar-refractivity contribution in [2.24, 2.45) is 0 Å². The van der Waals surface area contributed by atoms with Crippen molar-refractivity contribution >= 4 is 45.4 Å². The Bertz CT molecular complexity index is 818. The zero-order valence-electron chi connectivity index (χ0n) is 12.0. The van der Waals surface area contributed by atoms with Gasteiger partial charge in [-0.2, -0.15) is 0 Å². The highest BCUT2D eigenvalue weighted by molar-refractivity contribution is 14.1. The molecule has 1 aromatic carbocycles. The van der Waals surface area contributed by atoms with Crippen LogP contribution >= 0.6 is 22.9 Å². The first-order valence-electron chi connectivity index (χ1n) is 6.76. The van der Waals surface area contributed by atoms with Crippen LogP contribution in [0.5, 0.6) is 5.75 Å². The van der Waals surface area contributed by atoms with Gasteiger partial charge in [0.1, 0.15) is 11.8 Å². The van der Waals surface area contributed by atoms with Crippen LogP contribution in [0, 0.1) is 5.82 Å². The van der Waals surface area contributed by atoms with Crippen LogP contribution in [0.4, 0.5) is 15.9 Å². The van der Waals surface area contributed by atoms with Gasteiger partial charge in [-0.15, -0.1) is 0 Å². The van der Waals surface area contributed by atoms with Crippen LogP contribution in [-0.2, 0) is 0 Å². The summed E-state index contributed by atoms with van der Waals surface area (Å²) in [4.78, 5) is 8.47. The van der Waals surface area contributed by atoms with Crippen molar-refractivity contribution in [3.05, 3.63) is 42.6 Å². The highest BCUT2D eigenvalue weighted by Crippen LogP contribution is 2.33. The Morgan fingerprint density at radius 1 is 1.27 bits per heavy atom. The summed E-state index contributed by atoms with van der Waals surface area (Å²) in [5.74, 6) is 0.383. The van der Waals surface area contributed by atoms with Crippen LogP contribution in [0.25, 0.3) is 11.0 Å². The van der Waals surface area contributed by atoms with Gasteiger partial charge in [0.25, 0.3) is 0 Å². The van der Waals surface area contributed by atoms with Crippen LogP contribution in [0.2, 0.25) is 0 Å². The van der Waals surface area contributed by atoms with Gasteiger partial charge in [-0.3, -0.25) is 2.78 Å². The number of benzene rings is 1. The number of hydrogen-bond acceptors (Lipinski definition) is 4. The fourth-order valence-electron chi connectivity index (χ4n) is 2.12. The summed E-state index contributed by atoms with van der Waals surface area (Å²) in [7, 11) is 0. The minimum atomic E-state index is -0.408. The van der Waals surface area contributed by atoms with E-state index in [0.29, 0.717) is 11.5 Å². The monoisotopic (exact) mass is 412 g/mol. The lowest BCUT2D eigenvalue weighted by molar-refractivity contribution is 0.232. The van der Waals surface area contributed by atoms with E-state index >= 15 is 0 Å². The van der Waals surface area contributed by atoms with Gasteiger partial charge in [0.05, 0.1) is 40.2 Å². The molecule has 0 aliphatic carbocycles. The number of nitrogens with zero attached hydrogens (tertiary/aromatic N) is 3. The lowest BCUT2D eigenvalue weighted by Gasteiger charge is -2.16. The van der Waals surface area contributed by atoms with Gasteiger partial charge in [0, 0.05) is 6.20 Å². The fourth-order valence-corrected chi connectivity index (χ4v) is 2.75. The molecule has 3 rings (SSSR count). The molecule has 0 saturated heterocycles. The molecule has 1 N–H and O–H groups in total. The van der Waals surface area contributed by atoms with Gasteiger partial charge in [-0.1, -0.05) is 6.07 Å². The maximum atomic E-state index is 14.0. The summed E-state index contributed by atoms with van der Waals surface area (Å²) >= 11 is 2.15. The van der Waals surface area contributed by atoms with E-state index in [1.807, 2.05) is 28.9 Å². The first-order chi connectivity index (χ1) is 10.6. The molecule has 22 heavy (non-hydrogen) atoms. The predicted molar refractivity (Wildman–Crippen MR) is 92.4 cm³/mol. The average Bonchev–Trinajstić information content (AvgIpc) is 2.85. The van der Waals surface area contributed by atoms with Crippen LogP contribution < -0.4 is 10.1 Å². The van der Waals surface area contributed by atoms with Crippen molar-refractivity contribution in [2.75, 3.05) is 5.32 Å². The molecule has 7 heteroatoms. The van der Waals surface area contributed by atoms with Crippen LogP contribution in [0.15, 0.2) is 36.8 Å². The Balaban J connectivity index is 2.05. The van der Waals surface area contributed by atoms with Crippen LogP contribution in [0.1, 0.15) is 13.8 Å². The molecule has 3 aromatic rings. The van der Waals surface area contributed by atoms with Gasteiger partial charge in [0.2, 0.25) is 0 Å². The number of rotatable bonds is 4. The van der Waals surface area contributed by atoms with E-state index in [1.165, 1.54) is 12.4 Å². The van der Waals surface area contributed by atoms with Gasteiger partial charge in [-0.25, -0.2) is 14.4 Å². The zero-order valence-corrected chi connectivity index (χ0v) is 14.2. The van der Waals surface area contributed by atoms with E-state index in [0.717, 1.165) is 11.0 Å². The highest BCUT2D eigenvalue weighted by atomic mass is 127. The van der Waals surface area contributed by atoms with Gasteiger partial charge in [-0.05, 0) is 32.0 Å². The summed E-state index contributed by atoms with van der Waals surface area (Å²) in [5.41, 5.74) is 2.18. The fraction of sp³-hybridized carbons (Fsp3) is 0.200. The Morgan fingerprint density at radius 3 is 2.86 bits per heavy atom. The Morgan fingerprint density at radius 2 is 2.09 bits per heavy atom. The molecule has 0 radical (unpaired) electrons. The molecular weight excluding hydrogens is 398 g/mol. The van der Waals surface area contributed by atoms with Gasteiger partial charge < -0.3 is 10.1 Å². The Hall–Kier alpha value is -1.90. The molecule has 0 saturated carbocycles. The third kappa shape index (κ3) is 2.85. The number of halogens is 2. The summed E-state index contributed by atoms with van der Waals surface area (Å²) in [6, 6.07) is 6.66. The summed E-state index contributed by atoms with van der Waals surface area (Å²) in [5, 5.41) is 3.15. The lowest BCUT2D eigenvalue weighted by atomic mass is 10.2. The number of ether oxygens (including phenoxy) is 1. The Labute approximate surface area is 141 Å². The molecule has 0 bridgehead atoms. The molecular formula is C15H14FIN4O. The minimum absolute atomic E-state index is 0.128. The third-order valence-corrected chi connectivity index (χ3v) is 3.81. The molecule has 0 unspecified atom stereocenters. The molecule has 5 nitrogen and oxygen atoms in total. The summed E-state index contributed by atoms with van der Waals surface area (Å²) in [6.45, 7) is 3.71. The van der Waals surface area contributed by atoms with Crippen molar-refractivity contribution in [3.8, 4) is 5.75 Å². The topological polar surface area (TPSA) is 52.0 Å². The molecule has 0 aliphatic heterocycles. The second-order valence-electron chi connectivity index (χ2n) is 4.99. The molecule has 0 spiro atoms. The predicted octanol–water partition coefficient (Wildman–Crippen LogP) is 4.30. The molecule has 2 aromatic heterocycles. The van der Waals surface area contributed by atoms with Crippen molar-refractivity contribution in [2.45, 2.75) is 20.0 Å². The number of aromatic nitrogens is 3. The normalized spacial score (nSPS) is 11.1. The number of hydrogen-bond donors (Lipinski definition) is 1. The van der Waals surface area contributed by atoms with Crippen molar-refractivity contribution in [1.82, 2.24) is 12.7 Å². The van der Waals surface area contributed by atoms with Gasteiger partial charge >= 0.3 is 0 Å². The smallest absolute Gasteiger partial charge is 0.178 e. The molecule has 0 aliphatic rings. The number of nitrogens with one attached hydrogen (secondary N) is 1. The SMILES string of the molecule is CC(C)Oc1c(F)cccc1Nc1ncnc2ccn(I)c12. The van der Waals surface area contributed by atoms with E-state index in [9.17, 15) is 4.39 Å². The average molecular weight is 412 g/mol. The number of anilines is 2. The third-order valence-electron chi connectivity index (χ3n) is 3.00. The molecule has 0 fully saturated rings. The van der Waals surface area contributed by atoms with Gasteiger partial charge in [0.15, 0.2) is 17.4 Å². The van der Waals surface area contributed by atoms with E-state index < -0.39 is 5.82 Å². The molecule has 2 heterocycles. The second-order valence-corrected chi connectivity index (χ2v) is 6.03. The summed E-state index contributed by atoms with van der Waals surface area (Å²) < 4.78 is 21.5. The second kappa shape index (κ2) is 6.07. The largest absolute Gasteiger partial charge is 0.486 e. The number of para-hydroxylation sites is 1. The van der Waals surface area contributed by atoms with Crippen molar-refractivity contribution in [1.29, 1.82) is 0 Å². The minimum Gasteiger partial charge on any atom is -0.486 e. The van der Waals surface area contributed by atoms with E-state index in [-0.39, 0.29) is 11.9 Å². The maximum absolute atomic E-state index is 14.0.